The van der Waals surface area contributed by atoms with E-state index in [0.29, 0.717) is 29.3 Å². The lowest BCUT2D eigenvalue weighted by atomic mass is 9.76. The number of rotatable bonds is 5. The van der Waals surface area contributed by atoms with Gasteiger partial charge in [0, 0.05) is 17.5 Å². The van der Waals surface area contributed by atoms with Gasteiger partial charge in [-0.25, -0.2) is 4.39 Å². The highest BCUT2D eigenvalue weighted by Gasteiger charge is 2.29. The Morgan fingerprint density at radius 1 is 1.03 bits per heavy atom. The van der Waals surface area contributed by atoms with Crippen LogP contribution in [0.4, 0.5) is 10.1 Å². The van der Waals surface area contributed by atoms with Gasteiger partial charge in [-0.15, -0.1) is 0 Å². The van der Waals surface area contributed by atoms with Gasteiger partial charge < -0.3 is 10.1 Å². The zero-order chi connectivity index (χ0) is 22.0. The molecule has 0 spiro atoms. The Morgan fingerprint density at radius 2 is 1.71 bits per heavy atom. The fraction of sp³-hybridized carbons (Fsp3) is 0.417. The van der Waals surface area contributed by atoms with Crippen molar-refractivity contribution in [3.8, 4) is 5.75 Å². The van der Waals surface area contributed by atoms with E-state index in [9.17, 15) is 9.59 Å². The van der Waals surface area contributed by atoms with Crippen LogP contribution >= 0.6 is 11.6 Å². The second-order valence-corrected chi connectivity index (χ2v) is 8.76. The maximum absolute atomic E-state index is 15.1. The van der Waals surface area contributed by atoms with Gasteiger partial charge in [0.1, 0.15) is 17.6 Å². The van der Waals surface area contributed by atoms with Gasteiger partial charge in [0.05, 0.1) is 12.8 Å². The van der Waals surface area contributed by atoms with Crippen molar-refractivity contribution in [2.24, 2.45) is 0 Å². The number of nitrogens with one attached hydrogen (secondary N) is 2. The molecule has 2 amide bonds. The maximum Gasteiger partial charge on any atom is 0.249 e. The molecule has 5 nitrogen and oxygen atoms in total. The third-order valence-electron chi connectivity index (χ3n) is 6.40. The second kappa shape index (κ2) is 9.27. The number of carbonyl (C=O) groups is 2. The van der Waals surface area contributed by atoms with Crippen LogP contribution in [0.25, 0.3) is 0 Å². The normalized spacial score (nSPS) is 23.9. The van der Waals surface area contributed by atoms with E-state index in [4.69, 9.17) is 16.3 Å². The molecule has 1 aliphatic heterocycles. The van der Waals surface area contributed by atoms with Crippen molar-refractivity contribution in [2.75, 3.05) is 12.4 Å². The number of ether oxygens (including phenoxy) is 1. The maximum atomic E-state index is 15.1. The lowest BCUT2D eigenvalue weighted by Crippen LogP contribution is -2.47. The molecule has 4 rings (SSSR count). The first-order valence-electron chi connectivity index (χ1n) is 10.7. The third-order valence-corrected chi connectivity index (χ3v) is 6.65. The van der Waals surface area contributed by atoms with Crippen molar-refractivity contribution < 1.29 is 18.7 Å². The molecule has 0 bridgehead atoms. The van der Waals surface area contributed by atoms with Crippen molar-refractivity contribution in [1.29, 1.82) is 0 Å². The number of anilines is 1. The summed E-state index contributed by atoms with van der Waals surface area (Å²) in [6, 6.07) is 10.6. The smallest absolute Gasteiger partial charge is 0.249 e. The van der Waals surface area contributed by atoms with E-state index in [0.717, 1.165) is 30.7 Å². The Morgan fingerprint density at radius 3 is 2.35 bits per heavy atom. The molecule has 1 unspecified atom stereocenters. The van der Waals surface area contributed by atoms with E-state index < -0.39 is 11.9 Å². The summed E-state index contributed by atoms with van der Waals surface area (Å²) in [5.41, 5.74) is 2.36. The minimum atomic E-state index is -0.591. The van der Waals surface area contributed by atoms with Crippen LogP contribution in [-0.2, 0) is 9.59 Å². The number of hydrogen-bond acceptors (Lipinski definition) is 4. The Bertz CT molecular complexity index is 972. The zero-order valence-electron chi connectivity index (χ0n) is 17.4. The van der Waals surface area contributed by atoms with Crippen LogP contribution in [0.5, 0.6) is 5.75 Å². The van der Waals surface area contributed by atoms with Crippen LogP contribution in [0.3, 0.4) is 0 Å². The molecule has 2 aromatic rings. The van der Waals surface area contributed by atoms with Gasteiger partial charge in [0.2, 0.25) is 11.8 Å². The number of carbonyl (C=O) groups excluding carboxylic acids is 2. The van der Waals surface area contributed by atoms with E-state index in [1.54, 1.807) is 6.07 Å². The zero-order valence-corrected chi connectivity index (χ0v) is 18.2. The predicted octanol–water partition coefficient (Wildman–Crippen LogP) is 5.15. The molecule has 0 aromatic heterocycles. The van der Waals surface area contributed by atoms with Crippen molar-refractivity contribution in [3.05, 3.63) is 58.4 Å². The number of methoxy groups -OCH3 is 1. The third kappa shape index (κ3) is 4.85. The van der Waals surface area contributed by atoms with Crippen LogP contribution in [0.1, 0.15) is 61.5 Å². The molecule has 1 saturated heterocycles. The van der Waals surface area contributed by atoms with Crippen LogP contribution in [-0.4, -0.2) is 25.0 Å². The van der Waals surface area contributed by atoms with Gasteiger partial charge in [0.25, 0.3) is 0 Å². The van der Waals surface area contributed by atoms with Gasteiger partial charge in [0.15, 0.2) is 0 Å². The van der Waals surface area contributed by atoms with Gasteiger partial charge in [-0.1, -0.05) is 23.7 Å². The fourth-order valence-corrected chi connectivity index (χ4v) is 4.78. The van der Waals surface area contributed by atoms with Crippen molar-refractivity contribution >= 4 is 29.1 Å². The number of piperidine rings is 1. The first kappa shape index (κ1) is 21.6. The molecule has 1 atom stereocenters. The molecule has 2 fully saturated rings. The van der Waals surface area contributed by atoms with Crippen molar-refractivity contribution in [3.63, 3.8) is 0 Å². The van der Waals surface area contributed by atoms with E-state index >= 15 is 4.39 Å². The first-order chi connectivity index (χ1) is 14.9. The highest BCUT2D eigenvalue weighted by atomic mass is 35.5. The monoisotopic (exact) mass is 444 g/mol. The molecule has 1 aliphatic carbocycles. The predicted molar refractivity (Wildman–Crippen MR) is 118 cm³/mol. The largest absolute Gasteiger partial charge is 0.495 e. The van der Waals surface area contributed by atoms with Crippen LogP contribution < -0.4 is 15.4 Å². The molecule has 7 heteroatoms. The summed E-state index contributed by atoms with van der Waals surface area (Å²) >= 11 is 5.99. The molecule has 2 aliphatic rings. The van der Waals surface area contributed by atoms with E-state index in [1.807, 2.05) is 12.1 Å². The standard InChI is InChI=1S/C24H26ClFN2O3/c1-31-22-12-18(16-4-2-14(3-5-16)15-6-8-17(25)9-7-15)19(26)13-21(22)27-20-10-11-23(29)28-24(20)30/h6-9,12-14,16,20,27H,2-5,10-11H2,1H3,(H,28,29,30). The van der Waals surface area contributed by atoms with E-state index in [2.05, 4.69) is 22.8 Å². The molecule has 1 heterocycles. The minimum absolute atomic E-state index is 0.127. The molecular weight excluding hydrogens is 419 g/mol. The number of halogens is 2. The van der Waals surface area contributed by atoms with Crippen LogP contribution in [0, 0.1) is 5.82 Å². The summed E-state index contributed by atoms with van der Waals surface area (Å²) in [5, 5.41) is 6.07. The van der Waals surface area contributed by atoms with Gasteiger partial charge in [-0.3, -0.25) is 14.9 Å². The topological polar surface area (TPSA) is 67.4 Å². The second-order valence-electron chi connectivity index (χ2n) is 8.32. The van der Waals surface area contributed by atoms with Crippen molar-refractivity contribution in [1.82, 2.24) is 5.32 Å². The Kier molecular flexibility index (Phi) is 6.46. The summed E-state index contributed by atoms with van der Waals surface area (Å²) in [6.45, 7) is 0. The molecule has 0 radical (unpaired) electrons. The molecular formula is C24H26ClFN2O3. The molecule has 1 saturated carbocycles. The first-order valence-corrected chi connectivity index (χ1v) is 11.1. The highest BCUT2D eigenvalue weighted by molar-refractivity contribution is 6.30. The Labute approximate surface area is 186 Å². The lowest BCUT2D eigenvalue weighted by Gasteiger charge is -2.30. The van der Waals surface area contributed by atoms with Gasteiger partial charge in [-0.05, 0) is 73.3 Å². The molecule has 31 heavy (non-hydrogen) atoms. The lowest BCUT2D eigenvalue weighted by molar-refractivity contribution is -0.133. The molecule has 2 aromatic carbocycles. The number of hydrogen-bond donors (Lipinski definition) is 2. The van der Waals surface area contributed by atoms with E-state index in [-0.39, 0.29) is 24.1 Å². The summed E-state index contributed by atoms with van der Waals surface area (Å²) in [6.07, 6.45) is 4.39. The fourth-order valence-electron chi connectivity index (χ4n) is 4.66. The van der Waals surface area contributed by atoms with Crippen LogP contribution in [0.15, 0.2) is 36.4 Å². The summed E-state index contributed by atoms with van der Waals surface area (Å²) < 4.78 is 20.6. The highest BCUT2D eigenvalue weighted by Crippen LogP contribution is 2.43. The van der Waals surface area contributed by atoms with Gasteiger partial charge >= 0.3 is 0 Å². The Hall–Kier alpha value is -2.60. The SMILES string of the molecule is COc1cc(C2CCC(c3ccc(Cl)cc3)CC2)c(F)cc1NC1CCC(=O)NC1=O. The quantitative estimate of drug-likeness (QED) is 0.626. The number of imide groups is 1. The number of amides is 2. The summed E-state index contributed by atoms with van der Waals surface area (Å²) in [7, 11) is 1.53. The molecule has 2 N–H and O–H groups in total. The van der Waals surface area contributed by atoms with Crippen LogP contribution in [0.2, 0.25) is 5.02 Å². The average Bonchev–Trinajstić information content (AvgIpc) is 2.77. The molecule has 164 valence electrons. The summed E-state index contributed by atoms with van der Waals surface area (Å²) in [5.74, 6) is 0.106. The average molecular weight is 445 g/mol. The van der Waals surface area contributed by atoms with Crippen molar-refractivity contribution in [2.45, 2.75) is 56.4 Å². The summed E-state index contributed by atoms with van der Waals surface area (Å²) in [4.78, 5) is 23.4. The minimum Gasteiger partial charge on any atom is -0.495 e. The van der Waals surface area contributed by atoms with E-state index in [1.165, 1.54) is 18.7 Å². The number of benzene rings is 2. The Balaban J connectivity index is 1.46. The van der Waals surface area contributed by atoms with Gasteiger partial charge in [-0.2, -0.15) is 0 Å².